The van der Waals surface area contributed by atoms with Crippen molar-refractivity contribution in [2.24, 2.45) is 10.8 Å². The molecule has 0 aliphatic heterocycles. The van der Waals surface area contributed by atoms with Crippen LogP contribution in [0.25, 0.3) is 0 Å². The molecule has 17 heavy (non-hydrogen) atoms. The van der Waals surface area contributed by atoms with Crippen molar-refractivity contribution < 1.29 is 13.2 Å². The number of nitrogens with one attached hydrogen (secondary N) is 2. The number of amides is 2. The minimum Gasteiger partial charge on any atom is -0.350 e. The van der Waals surface area contributed by atoms with Gasteiger partial charge < -0.3 is 5.73 Å². The molecular weight excluding hydrogens is 244 g/mol. The summed E-state index contributed by atoms with van der Waals surface area (Å²) >= 11 is 0. The van der Waals surface area contributed by atoms with Gasteiger partial charge in [-0.25, -0.2) is 18.6 Å². The molecule has 7 nitrogen and oxygen atoms in total. The number of rotatable bonds is 4. The number of primary amides is 1. The lowest BCUT2D eigenvalue weighted by Gasteiger charge is -2.06. The molecule has 0 bridgehead atoms. The van der Waals surface area contributed by atoms with Crippen LogP contribution >= 0.6 is 0 Å². The predicted octanol–water partition coefficient (Wildman–Crippen LogP) is 0.0603. The number of sulfonamides is 1. The van der Waals surface area contributed by atoms with E-state index in [0.717, 1.165) is 6.26 Å². The van der Waals surface area contributed by atoms with Crippen LogP contribution in [0, 0.1) is 0 Å². The lowest BCUT2D eigenvalue weighted by atomic mass is 10.2. The Hall–Kier alpha value is -2.09. The third kappa shape index (κ3) is 4.98. The van der Waals surface area contributed by atoms with Crippen molar-refractivity contribution >= 4 is 28.0 Å². The summed E-state index contributed by atoms with van der Waals surface area (Å²) in [4.78, 5) is 10.4. The predicted molar refractivity (Wildman–Crippen MR) is 65.2 cm³/mol. The first-order valence-electron chi connectivity index (χ1n) is 4.54. The van der Waals surface area contributed by atoms with Gasteiger partial charge in [-0.3, -0.25) is 4.72 Å². The maximum Gasteiger partial charge on any atom is 0.332 e. The Labute approximate surface area is 98.8 Å². The quantitative estimate of drug-likeness (QED) is 0.522. The molecule has 0 saturated carbocycles. The van der Waals surface area contributed by atoms with E-state index in [1.165, 1.54) is 6.21 Å². The van der Waals surface area contributed by atoms with Crippen molar-refractivity contribution in [1.82, 2.24) is 5.43 Å². The Morgan fingerprint density at radius 2 is 2.06 bits per heavy atom. The number of anilines is 1. The number of nitrogens with two attached hydrogens (primary N) is 1. The van der Waals surface area contributed by atoms with Crippen LogP contribution in [0.1, 0.15) is 5.56 Å². The van der Waals surface area contributed by atoms with Gasteiger partial charge in [0, 0.05) is 5.56 Å². The number of benzene rings is 1. The minimum atomic E-state index is -3.36. The van der Waals surface area contributed by atoms with Gasteiger partial charge in [-0.2, -0.15) is 5.10 Å². The molecule has 1 aromatic carbocycles. The van der Waals surface area contributed by atoms with Crippen molar-refractivity contribution in [3.63, 3.8) is 0 Å². The first kappa shape index (κ1) is 13.0. The number of hydrogen-bond acceptors (Lipinski definition) is 4. The molecule has 2 amide bonds. The molecule has 1 aromatic rings. The average Bonchev–Trinajstić information content (AvgIpc) is 2.17. The minimum absolute atomic E-state index is 0.366. The van der Waals surface area contributed by atoms with Gasteiger partial charge in [-0.15, -0.1) is 0 Å². The number of para-hydroxylation sites is 1. The molecule has 0 unspecified atom stereocenters. The van der Waals surface area contributed by atoms with E-state index >= 15 is 0 Å². The molecule has 0 aliphatic carbocycles. The van der Waals surface area contributed by atoms with E-state index in [1.807, 2.05) is 5.43 Å². The standard InChI is InChI=1S/C9H12N4O3S/c1-17(15,16)13-8-5-3-2-4-7(8)6-11-12-9(10)14/h2-6,13H,1H3,(H3,10,12,14). The molecular formula is C9H12N4O3S. The van der Waals surface area contributed by atoms with Gasteiger partial charge in [-0.1, -0.05) is 18.2 Å². The van der Waals surface area contributed by atoms with Gasteiger partial charge in [0.05, 0.1) is 18.2 Å². The van der Waals surface area contributed by atoms with Gasteiger partial charge >= 0.3 is 6.03 Å². The number of nitrogens with zero attached hydrogens (tertiary/aromatic N) is 1. The molecule has 0 heterocycles. The van der Waals surface area contributed by atoms with E-state index in [0.29, 0.717) is 11.3 Å². The molecule has 0 aliphatic rings. The number of hydrazone groups is 1. The summed E-state index contributed by atoms with van der Waals surface area (Å²) in [5.74, 6) is 0. The van der Waals surface area contributed by atoms with Crippen LogP contribution in [0.3, 0.4) is 0 Å². The summed E-state index contributed by atoms with van der Waals surface area (Å²) in [6, 6.07) is 5.80. The average molecular weight is 256 g/mol. The molecule has 0 spiro atoms. The zero-order valence-electron chi connectivity index (χ0n) is 9.04. The van der Waals surface area contributed by atoms with E-state index in [4.69, 9.17) is 5.73 Å². The van der Waals surface area contributed by atoms with E-state index in [-0.39, 0.29) is 0 Å². The van der Waals surface area contributed by atoms with Crippen molar-refractivity contribution in [1.29, 1.82) is 0 Å². The van der Waals surface area contributed by atoms with Gasteiger partial charge in [-0.05, 0) is 6.07 Å². The summed E-state index contributed by atoms with van der Waals surface area (Å²) in [5, 5.41) is 3.55. The summed E-state index contributed by atoms with van der Waals surface area (Å²) in [5.41, 5.74) is 7.71. The highest BCUT2D eigenvalue weighted by Crippen LogP contribution is 2.13. The maximum atomic E-state index is 11.1. The van der Waals surface area contributed by atoms with Crippen molar-refractivity contribution in [2.45, 2.75) is 0 Å². The molecule has 0 aromatic heterocycles. The Bertz CT molecular complexity index is 539. The zero-order valence-corrected chi connectivity index (χ0v) is 9.86. The van der Waals surface area contributed by atoms with Crippen molar-refractivity contribution in [2.75, 3.05) is 11.0 Å². The first-order valence-corrected chi connectivity index (χ1v) is 6.43. The highest BCUT2D eigenvalue weighted by atomic mass is 32.2. The number of hydrogen-bond donors (Lipinski definition) is 3. The third-order valence-electron chi connectivity index (χ3n) is 1.63. The van der Waals surface area contributed by atoms with E-state index in [1.54, 1.807) is 24.3 Å². The fourth-order valence-electron chi connectivity index (χ4n) is 1.07. The fraction of sp³-hybridized carbons (Fsp3) is 0.111. The van der Waals surface area contributed by atoms with E-state index < -0.39 is 16.1 Å². The number of carbonyl (C=O) groups is 1. The highest BCUT2D eigenvalue weighted by molar-refractivity contribution is 7.92. The topological polar surface area (TPSA) is 114 Å². The Balaban J connectivity index is 2.92. The number of urea groups is 1. The molecule has 92 valence electrons. The summed E-state index contributed by atoms with van der Waals surface area (Å²) < 4.78 is 24.5. The summed E-state index contributed by atoms with van der Waals surface area (Å²) in [7, 11) is -3.36. The molecule has 4 N–H and O–H groups in total. The molecule has 1 rings (SSSR count). The van der Waals surface area contributed by atoms with Crippen LogP contribution in [0.5, 0.6) is 0 Å². The molecule has 0 fully saturated rings. The van der Waals surface area contributed by atoms with E-state index in [2.05, 4.69) is 9.82 Å². The lowest BCUT2D eigenvalue weighted by molar-refractivity contribution is 0.249. The Morgan fingerprint density at radius 3 is 2.65 bits per heavy atom. The van der Waals surface area contributed by atoms with Crippen LogP contribution < -0.4 is 15.9 Å². The van der Waals surface area contributed by atoms with Gasteiger partial charge in [0.15, 0.2) is 0 Å². The first-order chi connectivity index (χ1) is 7.88. The highest BCUT2D eigenvalue weighted by Gasteiger charge is 2.04. The van der Waals surface area contributed by atoms with Gasteiger partial charge in [0.2, 0.25) is 10.0 Å². The van der Waals surface area contributed by atoms with Crippen molar-refractivity contribution in [3.05, 3.63) is 29.8 Å². The van der Waals surface area contributed by atoms with Crippen LogP contribution in [0.15, 0.2) is 29.4 Å². The number of carbonyl (C=O) groups excluding carboxylic acids is 1. The van der Waals surface area contributed by atoms with Gasteiger partial charge in [0.1, 0.15) is 0 Å². The van der Waals surface area contributed by atoms with Gasteiger partial charge in [0.25, 0.3) is 0 Å². The molecule has 0 atom stereocenters. The monoisotopic (exact) mass is 256 g/mol. The Morgan fingerprint density at radius 1 is 1.41 bits per heavy atom. The largest absolute Gasteiger partial charge is 0.350 e. The smallest absolute Gasteiger partial charge is 0.332 e. The summed E-state index contributed by atoms with van der Waals surface area (Å²) in [6.45, 7) is 0. The maximum absolute atomic E-state index is 11.1. The van der Waals surface area contributed by atoms with Crippen LogP contribution in [-0.4, -0.2) is 26.9 Å². The summed E-state index contributed by atoms with van der Waals surface area (Å²) in [6.07, 6.45) is 2.33. The van der Waals surface area contributed by atoms with Crippen molar-refractivity contribution in [3.8, 4) is 0 Å². The molecule has 8 heteroatoms. The normalized spacial score (nSPS) is 11.4. The second-order valence-electron chi connectivity index (χ2n) is 3.20. The second kappa shape index (κ2) is 5.30. The zero-order chi connectivity index (χ0) is 12.9. The second-order valence-corrected chi connectivity index (χ2v) is 4.94. The van der Waals surface area contributed by atoms with Crippen LogP contribution in [0.2, 0.25) is 0 Å². The fourth-order valence-corrected chi connectivity index (χ4v) is 1.65. The Kier molecular flexibility index (Phi) is 4.05. The molecule has 0 saturated heterocycles. The van der Waals surface area contributed by atoms with E-state index in [9.17, 15) is 13.2 Å². The molecule has 0 radical (unpaired) electrons. The van der Waals surface area contributed by atoms with Crippen LogP contribution in [-0.2, 0) is 10.0 Å². The SMILES string of the molecule is CS(=O)(=O)Nc1ccccc1C=NNC(N)=O. The third-order valence-corrected chi connectivity index (χ3v) is 2.23. The lowest BCUT2D eigenvalue weighted by Crippen LogP contribution is -2.24. The van der Waals surface area contributed by atoms with Crippen LogP contribution in [0.4, 0.5) is 10.5 Å².